The van der Waals surface area contributed by atoms with Crippen molar-refractivity contribution in [1.29, 1.82) is 0 Å². The average Bonchev–Trinajstić information content (AvgIpc) is 3.52. The maximum atomic E-state index is 13.7. The van der Waals surface area contributed by atoms with Crippen LogP contribution < -0.4 is 9.62 Å². The molecule has 0 bridgehead atoms. The minimum atomic E-state index is -4.24. The van der Waals surface area contributed by atoms with Gasteiger partial charge in [-0.3, -0.25) is 9.59 Å². The van der Waals surface area contributed by atoms with Crippen LogP contribution in [0.2, 0.25) is 0 Å². The molecule has 1 saturated heterocycles. The number of amides is 2. The monoisotopic (exact) mass is 559 g/mol. The molecule has 0 spiro atoms. The molecule has 1 aliphatic carbocycles. The van der Waals surface area contributed by atoms with E-state index in [2.05, 4.69) is 10.2 Å². The highest BCUT2D eigenvalue weighted by atomic mass is 32.2. The van der Waals surface area contributed by atoms with E-state index in [-0.39, 0.29) is 28.1 Å². The molecular formula is C32H37N3O4S. The van der Waals surface area contributed by atoms with Gasteiger partial charge in [0.1, 0.15) is 0 Å². The number of nitrogens with zero attached hydrogens (tertiary/aromatic N) is 2. The first-order chi connectivity index (χ1) is 19.4. The Bertz CT molecular complexity index is 1380. The highest BCUT2D eigenvalue weighted by Gasteiger charge is 2.32. The van der Waals surface area contributed by atoms with Crippen LogP contribution in [-0.2, 0) is 10.0 Å². The third kappa shape index (κ3) is 6.62. The first-order valence-corrected chi connectivity index (χ1v) is 15.7. The molecule has 2 aliphatic rings. The van der Waals surface area contributed by atoms with Crippen molar-refractivity contribution in [3.63, 3.8) is 0 Å². The van der Waals surface area contributed by atoms with Gasteiger partial charge in [-0.15, -0.1) is 0 Å². The fourth-order valence-electron chi connectivity index (χ4n) is 5.75. The molecule has 7 nitrogen and oxygen atoms in total. The highest BCUT2D eigenvalue weighted by molar-refractivity contribution is 7.93. The summed E-state index contributed by atoms with van der Waals surface area (Å²) in [4.78, 5) is 28.8. The molecule has 0 unspecified atom stereocenters. The number of hydrogen-bond acceptors (Lipinski definition) is 5. The van der Waals surface area contributed by atoms with Crippen LogP contribution in [0.4, 0.5) is 5.69 Å². The van der Waals surface area contributed by atoms with Crippen LogP contribution in [0, 0.1) is 5.92 Å². The van der Waals surface area contributed by atoms with Crippen LogP contribution >= 0.6 is 0 Å². The van der Waals surface area contributed by atoms with Crippen molar-refractivity contribution < 1.29 is 18.0 Å². The van der Waals surface area contributed by atoms with Crippen LogP contribution in [-0.4, -0.2) is 50.8 Å². The van der Waals surface area contributed by atoms with E-state index in [1.807, 2.05) is 0 Å². The van der Waals surface area contributed by atoms with Crippen molar-refractivity contribution in [2.75, 3.05) is 23.9 Å². The van der Waals surface area contributed by atoms with E-state index >= 15 is 0 Å². The first-order valence-electron chi connectivity index (χ1n) is 14.2. The maximum absolute atomic E-state index is 13.7. The Morgan fingerprint density at radius 3 is 2.00 bits per heavy atom. The van der Waals surface area contributed by atoms with Gasteiger partial charge in [-0.25, -0.2) is 8.42 Å². The maximum Gasteiger partial charge on any atom is 0.272 e. The number of hydrogen-bond donors (Lipinski definition) is 1. The van der Waals surface area contributed by atoms with E-state index < -0.39 is 15.9 Å². The van der Waals surface area contributed by atoms with Gasteiger partial charge in [0.2, 0.25) is 0 Å². The van der Waals surface area contributed by atoms with E-state index in [0.717, 1.165) is 35.9 Å². The molecule has 210 valence electrons. The predicted molar refractivity (Wildman–Crippen MR) is 157 cm³/mol. The third-order valence-electron chi connectivity index (χ3n) is 8.08. The summed E-state index contributed by atoms with van der Waals surface area (Å²) in [6.45, 7) is 3.66. The molecule has 8 heteroatoms. The van der Waals surface area contributed by atoms with E-state index in [9.17, 15) is 18.0 Å². The Morgan fingerprint density at radius 1 is 0.775 bits per heavy atom. The second-order valence-corrected chi connectivity index (χ2v) is 12.6. The van der Waals surface area contributed by atoms with E-state index in [0.29, 0.717) is 5.56 Å². The Kier molecular flexibility index (Phi) is 8.97. The molecule has 40 heavy (non-hydrogen) atoms. The Morgan fingerprint density at radius 2 is 1.38 bits per heavy atom. The molecule has 5 rings (SSSR count). The van der Waals surface area contributed by atoms with Crippen LogP contribution in [0.15, 0.2) is 89.8 Å². The molecule has 0 atom stereocenters. The van der Waals surface area contributed by atoms with Gasteiger partial charge in [-0.2, -0.15) is 4.31 Å². The van der Waals surface area contributed by atoms with Crippen molar-refractivity contribution in [2.45, 2.75) is 55.9 Å². The average molecular weight is 560 g/mol. The van der Waals surface area contributed by atoms with E-state index in [4.69, 9.17) is 0 Å². The summed E-state index contributed by atoms with van der Waals surface area (Å²) in [5, 5.41) is 3.14. The van der Waals surface area contributed by atoms with Gasteiger partial charge in [-0.05, 0) is 119 Å². The lowest BCUT2D eigenvalue weighted by atomic mass is 9.84. The van der Waals surface area contributed by atoms with Crippen LogP contribution in [0.1, 0.15) is 65.7 Å². The van der Waals surface area contributed by atoms with Gasteiger partial charge in [0.25, 0.3) is 21.8 Å². The molecule has 1 heterocycles. The Labute approximate surface area is 237 Å². The molecular weight excluding hydrogens is 522 g/mol. The van der Waals surface area contributed by atoms with Crippen molar-refractivity contribution >= 4 is 27.5 Å². The largest absolute Gasteiger partial charge is 0.349 e. The van der Waals surface area contributed by atoms with Crippen molar-refractivity contribution in [2.24, 2.45) is 5.92 Å². The number of rotatable bonds is 9. The minimum absolute atomic E-state index is 0.0595. The summed E-state index contributed by atoms with van der Waals surface area (Å²) in [6.07, 6.45) is 8.07. The van der Waals surface area contributed by atoms with Crippen LogP contribution in [0.3, 0.4) is 0 Å². The minimum Gasteiger partial charge on any atom is -0.349 e. The molecule has 0 radical (unpaired) electrons. The first kappa shape index (κ1) is 28.1. The Hall–Kier alpha value is -3.49. The third-order valence-corrected chi connectivity index (χ3v) is 9.81. The number of para-hydroxylation sites is 1. The summed E-state index contributed by atoms with van der Waals surface area (Å²) in [6, 6.07) is 22.6. The number of benzene rings is 3. The van der Waals surface area contributed by atoms with Crippen LogP contribution in [0.25, 0.3) is 0 Å². The smallest absolute Gasteiger partial charge is 0.272 e. The Balaban J connectivity index is 1.23. The summed E-state index contributed by atoms with van der Waals surface area (Å²) >= 11 is 0. The molecule has 3 aromatic rings. The fraction of sp³-hybridized carbons (Fsp3) is 0.375. The van der Waals surface area contributed by atoms with Gasteiger partial charge < -0.3 is 10.2 Å². The molecule has 2 amide bonds. The molecule has 1 saturated carbocycles. The van der Waals surface area contributed by atoms with E-state index in [1.54, 1.807) is 60.7 Å². The fourth-order valence-corrected chi connectivity index (χ4v) is 7.16. The highest BCUT2D eigenvalue weighted by Crippen LogP contribution is 2.29. The molecule has 0 aromatic heterocycles. The number of carbonyl (C=O) groups excluding carboxylic acids is 2. The summed E-state index contributed by atoms with van der Waals surface area (Å²) < 4.78 is 28.2. The zero-order valence-electron chi connectivity index (χ0n) is 22.7. The number of likely N-dealkylation sites (tertiary alicyclic amines) is 1. The number of carbonyl (C=O) groups is 2. The van der Waals surface area contributed by atoms with Crippen molar-refractivity contribution in [3.8, 4) is 0 Å². The van der Waals surface area contributed by atoms with Crippen molar-refractivity contribution in [1.82, 2.24) is 10.2 Å². The molecule has 2 fully saturated rings. The number of nitrogens with one attached hydrogen (secondary N) is 1. The number of anilines is 1. The van der Waals surface area contributed by atoms with E-state index in [1.165, 1.54) is 63.2 Å². The SMILES string of the molecule is O=C(NC1CCC(CCN2CCCC2)CC1)c1ccc(S(=O)(=O)N(C(=O)c2ccccc2)c2ccccc2)cc1. The second kappa shape index (κ2) is 12.8. The van der Waals surface area contributed by atoms with Crippen LogP contribution in [0.5, 0.6) is 0 Å². The lowest BCUT2D eigenvalue weighted by Gasteiger charge is -2.30. The second-order valence-electron chi connectivity index (χ2n) is 10.8. The normalized spacial score (nSPS) is 19.7. The topological polar surface area (TPSA) is 86.8 Å². The van der Waals surface area contributed by atoms with Gasteiger partial charge in [0.15, 0.2) is 0 Å². The standard InChI is InChI=1S/C32H37N3O4S/c36-31(33-28-17-13-25(14-18-28)21-24-34-22-7-8-23-34)26-15-19-30(20-16-26)40(38,39)35(29-11-5-2-6-12-29)32(37)27-9-3-1-4-10-27/h1-6,9-12,15-16,19-20,25,28H,7-8,13-14,17-18,21-24H2,(H,33,36). The molecule has 1 aliphatic heterocycles. The van der Waals surface area contributed by atoms with Crippen molar-refractivity contribution in [3.05, 3.63) is 96.1 Å². The van der Waals surface area contributed by atoms with Gasteiger partial charge in [0.05, 0.1) is 10.6 Å². The summed E-state index contributed by atoms with van der Waals surface area (Å²) in [5.74, 6) is -0.126. The lowest BCUT2D eigenvalue weighted by molar-refractivity contribution is 0.0919. The predicted octanol–water partition coefficient (Wildman–Crippen LogP) is 5.50. The molecule has 1 N–H and O–H groups in total. The zero-order valence-corrected chi connectivity index (χ0v) is 23.6. The lowest BCUT2D eigenvalue weighted by Crippen LogP contribution is -2.38. The van der Waals surface area contributed by atoms with Gasteiger partial charge >= 0.3 is 0 Å². The summed E-state index contributed by atoms with van der Waals surface area (Å²) in [5.41, 5.74) is 0.904. The number of sulfonamides is 1. The zero-order chi connectivity index (χ0) is 28.0. The van der Waals surface area contributed by atoms with Gasteiger partial charge in [0, 0.05) is 17.2 Å². The quantitative estimate of drug-likeness (QED) is 0.374. The molecule has 3 aromatic carbocycles. The van der Waals surface area contributed by atoms with Gasteiger partial charge in [-0.1, -0.05) is 36.4 Å². The summed E-state index contributed by atoms with van der Waals surface area (Å²) in [7, 11) is -4.24.